The van der Waals surface area contributed by atoms with Crippen molar-refractivity contribution in [1.82, 2.24) is 4.98 Å². The Balaban J connectivity index is 1.73. The Morgan fingerprint density at radius 1 is 0.786 bits per heavy atom. The van der Waals surface area contributed by atoms with Crippen LogP contribution in [0.2, 0.25) is 0 Å². The van der Waals surface area contributed by atoms with Gasteiger partial charge in [-0.3, -0.25) is 4.79 Å². The van der Waals surface area contributed by atoms with E-state index in [4.69, 9.17) is 0 Å². The van der Waals surface area contributed by atoms with Crippen molar-refractivity contribution in [3.8, 4) is 0 Å². The molecule has 4 aliphatic heterocycles. The number of aromatic nitrogens is 1. The number of nitrogens with one attached hydrogen (secondary N) is 1. The van der Waals surface area contributed by atoms with Crippen LogP contribution in [0.4, 0.5) is 0 Å². The SMILES string of the molecule is O=CC1=C2C=CC(=N2)C(=CO)C2=NC(=Cc3ccc([nH]3)C=C3C=CC1=N3)C=C2. The number of aliphatic hydroxyl groups excluding tert-OH is 1. The van der Waals surface area contributed by atoms with Crippen molar-refractivity contribution in [2.24, 2.45) is 15.0 Å². The first-order valence-corrected chi connectivity index (χ1v) is 8.71. The number of aldehydes is 1. The number of carbonyl (C=O) groups is 1. The van der Waals surface area contributed by atoms with Crippen LogP contribution in [0.5, 0.6) is 0 Å². The van der Waals surface area contributed by atoms with Gasteiger partial charge in [-0.1, -0.05) is 0 Å². The second-order valence-electron chi connectivity index (χ2n) is 6.46. The lowest BCUT2D eigenvalue weighted by Crippen LogP contribution is -2.07. The molecule has 134 valence electrons. The zero-order chi connectivity index (χ0) is 19.1. The van der Waals surface area contributed by atoms with E-state index in [2.05, 4.69) is 20.0 Å². The zero-order valence-electron chi connectivity index (χ0n) is 14.6. The summed E-state index contributed by atoms with van der Waals surface area (Å²) in [6.45, 7) is 0. The summed E-state index contributed by atoms with van der Waals surface area (Å²) in [6.07, 6.45) is 16.4. The van der Waals surface area contributed by atoms with Crippen LogP contribution in [0, 0.1) is 0 Å². The fraction of sp³-hybridized carbons (Fsp3) is 0. The normalized spacial score (nSPS) is 21.0. The molecule has 0 spiro atoms. The number of rotatable bonds is 1. The number of hydrogen-bond acceptors (Lipinski definition) is 5. The molecule has 0 fully saturated rings. The summed E-state index contributed by atoms with van der Waals surface area (Å²) in [7, 11) is 0. The molecule has 4 aliphatic rings. The first-order valence-electron chi connectivity index (χ1n) is 8.71. The quantitative estimate of drug-likeness (QED) is 0.587. The second-order valence-corrected chi connectivity index (χ2v) is 6.46. The molecule has 8 bridgehead atoms. The minimum Gasteiger partial charge on any atom is -0.515 e. The van der Waals surface area contributed by atoms with Gasteiger partial charge < -0.3 is 10.1 Å². The highest BCUT2D eigenvalue weighted by Crippen LogP contribution is 2.25. The van der Waals surface area contributed by atoms with E-state index in [1.54, 1.807) is 18.2 Å². The number of carbonyl (C=O) groups excluding carboxylic acids is 1. The third kappa shape index (κ3) is 2.68. The number of aliphatic imine (C=N–C) groups is 3. The standard InChI is InChI=1S/C22H14N4O2/c27-11-17-19-5-3-15(24-19)9-13-1-2-14(23-13)10-16-4-6-20(25-16)18(12-28)22-8-7-21(17)26-22/h1-12,23,27H. The molecule has 0 aromatic carbocycles. The van der Waals surface area contributed by atoms with Crippen molar-refractivity contribution < 1.29 is 9.90 Å². The maximum absolute atomic E-state index is 11.7. The van der Waals surface area contributed by atoms with Crippen molar-refractivity contribution in [3.05, 3.63) is 94.5 Å². The number of allylic oxidation sites excluding steroid dienone is 8. The molecule has 0 unspecified atom stereocenters. The number of nitrogens with zero attached hydrogens (tertiary/aromatic N) is 3. The average Bonchev–Trinajstić information content (AvgIpc) is 3.46. The Morgan fingerprint density at radius 3 is 2.07 bits per heavy atom. The third-order valence-corrected chi connectivity index (χ3v) is 4.65. The highest BCUT2D eigenvalue weighted by molar-refractivity contribution is 6.33. The molecular formula is C22H14N4O2. The van der Waals surface area contributed by atoms with E-state index in [1.807, 2.05) is 42.5 Å². The summed E-state index contributed by atoms with van der Waals surface area (Å²) in [5, 5.41) is 9.78. The molecule has 1 aromatic rings. The topological polar surface area (TPSA) is 90.2 Å². The Kier molecular flexibility index (Phi) is 3.62. The molecule has 0 aliphatic carbocycles. The molecular weight excluding hydrogens is 352 g/mol. The van der Waals surface area contributed by atoms with Crippen molar-refractivity contribution in [2.45, 2.75) is 0 Å². The number of hydrogen-bond donors (Lipinski definition) is 2. The van der Waals surface area contributed by atoms with Crippen molar-refractivity contribution in [2.75, 3.05) is 0 Å². The minimum atomic E-state index is 0.395. The second kappa shape index (κ2) is 6.28. The van der Waals surface area contributed by atoms with Gasteiger partial charge in [0, 0.05) is 11.4 Å². The predicted molar refractivity (Wildman–Crippen MR) is 110 cm³/mol. The van der Waals surface area contributed by atoms with Gasteiger partial charge in [0.15, 0.2) is 6.29 Å². The predicted octanol–water partition coefficient (Wildman–Crippen LogP) is 3.64. The summed E-state index contributed by atoms with van der Waals surface area (Å²) < 4.78 is 0. The van der Waals surface area contributed by atoms with Gasteiger partial charge in [-0.25, -0.2) is 15.0 Å². The van der Waals surface area contributed by atoms with E-state index in [0.29, 0.717) is 34.0 Å². The third-order valence-electron chi connectivity index (χ3n) is 4.65. The Bertz CT molecular complexity index is 1220. The Morgan fingerprint density at radius 2 is 1.39 bits per heavy atom. The highest BCUT2D eigenvalue weighted by atomic mass is 16.2. The van der Waals surface area contributed by atoms with Crippen LogP contribution in [0.1, 0.15) is 11.4 Å². The monoisotopic (exact) mass is 366 g/mol. The van der Waals surface area contributed by atoms with Gasteiger partial charge in [-0.15, -0.1) is 0 Å². The number of fused-ring (bicyclic) bond motifs is 5. The molecule has 0 atom stereocenters. The van der Waals surface area contributed by atoms with Crippen molar-refractivity contribution in [3.63, 3.8) is 0 Å². The summed E-state index contributed by atoms with van der Waals surface area (Å²) in [4.78, 5) is 28.7. The van der Waals surface area contributed by atoms with E-state index in [1.165, 1.54) is 0 Å². The molecule has 0 radical (unpaired) electrons. The fourth-order valence-corrected chi connectivity index (χ4v) is 3.31. The first kappa shape index (κ1) is 16.1. The molecule has 5 rings (SSSR count). The summed E-state index contributed by atoms with van der Waals surface area (Å²) in [6, 6.07) is 3.91. The molecule has 2 N–H and O–H groups in total. The van der Waals surface area contributed by atoms with E-state index < -0.39 is 0 Å². The molecule has 6 nitrogen and oxygen atoms in total. The highest BCUT2D eigenvalue weighted by Gasteiger charge is 2.21. The molecule has 0 amide bonds. The fourth-order valence-electron chi connectivity index (χ4n) is 3.31. The number of aromatic amines is 1. The zero-order valence-corrected chi connectivity index (χ0v) is 14.6. The van der Waals surface area contributed by atoms with Crippen LogP contribution in [-0.4, -0.2) is 33.5 Å². The van der Waals surface area contributed by atoms with Gasteiger partial charge in [0.2, 0.25) is 0 Å². The Hall–Kier alpha value is -4.06. The molecule has 1 aromatic heterocycles. The lowest BCUT2D eigenvalue weighted by Gasteiger charge is -2.03. The maximum atomic E-state index is 11.7. The molecule has 0 saturated carbocycles. The van der Waals surface area contributed by atoms with Crippen LogP contribution < -0.4 is 0 Å². The smallest absolute Gasteiger partial charge is 0.154 e. The minimum absolute atomic E-state index is 0.395. The molecule has 28 heavy (non-hydrogen) atoms. The summed E-state index contributed by atoms with van der Waals surface area (Å²) in [5.41, 5.74) is 6.37. The maximum Gasteiger partial charge on any atom is 0.154 e. The average molecular weight is 366 g/mol. The molecule has 0 saturated heterocycles. The van der Waals surface area contributed by atoms with Gasteiger partial charge in [0.05, 0.1) is 51.6 Å². The van der Waals surface area contributed by atoms with E-state index >= 15 is 0 Å². The summed E-state index contributed by atoms with van der Waals surface area (Å²) in [5.74, 6) is 0. The summed E-state index contributed by atoms with van der Waals surface area (Å²) >= 11 is 0. The molecule has 6 heteroatoms. The van der Waals surface area contributed by atoms with E-state index in [0.717, 1.165) is 35.3 Å². The first-order chi connectivity index (χ1) is 13.7. The number of aliphatic hydroxyl groups is 1. The lowest BCUT2D eigenvalue weighted by molar-refractivity contribution is -0.104. The van der Waals surface area contributed by atoms with Crippen LogP contribution in [0.3, 0.4) is 0 Å². The van der Waals surface area contributed by atoms with Crippen molar-refractivity contribution >= 4 is 35.6 Å². The van der Waals surface area contributed by atoms with Gasteiger partial charge in [0.1, 0.15) is 0 Å². The van der Waals surface area contributed by atoms with Crippen LogP contribution >= 0.6 is 0 Å². The van der Waals surface area contributed by atoms with Crippen LogP contribution in [0.15, 0.2) is 98.1 Å². The lowest BCUT2D eigenvalue weighted by atomic mass is 10.1. The van der Waals surface area contributed by atoms with Gasteiger partial charge in [-0.05, 0) is 60.7 Å². The molecule has 5 heterocycles. The van der Waals surface area contributed by atoms with Gasteiger partial charge in [0.25, 0.3) is 0 Å². The number of H-pyrrole nitrogens is 1. The van der Waals surface area contributed by atoms with Crippen LogP contribution in [-0.2, 0) is 4.79 Å². The van der Waals surface area contributed by atoms with E-state index in [9.17, 15) is 9.90 Å². The van der Waals surface area contributed by atoms with Crippen molar-refractivity contribution in [1.29, 1.82) is 0 Å². The van der Waals surface area contributed by atoms with Crippen LogP contribution in [0.25, 0.3) is 12.2 Å². The largest absolute Gasteiger partial charge is 0.515 e. The Labute approximate surface area is 160 Å². The van der Waals surface area contributed by atoms with Gasteiger partial charge >= 0.3 is 0 Å². The van der Waals surface area contributed by atoms with E-state index in [-0.39, 0.29) is 0 Å². The van der Waals surface area contributed by atoms with Gasteiger partial charge in [-0.2, -0.15) is 0 Å².